The van der Waals surface area contributed by atoms with Crippen LogP contribution in [0, 0.1) is 5.92 Å². The Hall–Kier alpha value is -2.77. The summed E-state index contributed by atoms with van der Waals surface area (Å²) in [6.07, 6.45) is 0. The van der Waals surface area contributed by atoms with Gasteiger partial charge in [0.1, 0.15) is 23.3 Å². The molecule has 4 unspecified atom stereocenters. The SMILES string of the molecule is CCOc1ccc(C2NNC3C(=O)NC(c4cc(OC)ccc4OC)C32)cc1. The van der Waals surface area contributed by atoms with Gasteiger partial charge in [-0.3, -0.25) is 4.79 Å². The van der Waals surface area contributed by atoms with Crippen molar-refractivity contribution in [2.24, 2.45) is 5.92 Å². The molecule has 2 aromatic carbocycles. The van der Waals surface area contributed by atoms with E-state index in [0.717, 1.165) is 28.4 Å². The molecule has 1 amide bonds. The fourth-order valence-corrected chi connectivity index (χ4v) is 4.14. The second kappa shape index (κ2) is 7.69. The van der Waals surface area contributed by atoms with Gasteiger partial charge in [0.05, 0.1) is 32.9 Å². The first kappa shape index (κ1) is 18.6. The molecule has 0 radical (unpaired) electrons. The molecule has 0 spiro atoms. The number of amides is 1. The van der Waals surface area contributed by atoms with E-state index in [1.165, 1.54) is 0 Å². The van der Waals surface area contributed by atoms with E-state index in [1.807, 2.05) is 49.4 Å². The number of benzene rings is 2. The molecule has 2 fully saturated rings. The minimum Gasteiger partial charge on any atom is -0.497 e. The Morgan fingerprint density at radius 1 is 0.893 bits per heavy atom. The molecule has 0 aliphatic carbocycles. The van der Waals surface area contributed by atoms with Gasteiger partial charge in [-0.15, -0.1) is 0 Å². The highest BCUT2D eigenvalue weighted by atomic mass is 16.5. The lowest BCUT2D eigenvalue weighted by atomic mass is 9.83. The Morgan fingerprint density at radius 2 is 1.61 bits per heavy atom. The number of fused-ring (bicyclic) bond motifs is 1. The molecule has 28 heavy (non-hydrogen) atoms. The first-order valence-corrected chi connectivity index (χ1v) is 9.42. The number of methoxy groups -OCH3 is 2. The lowest BCUT2D eigenvalue weighted by Gasteiger charge is -2.26. The van der Waals surface area contributed by atoms with E-state index < -0.39 is 0 Å². The monoisotopic (exact) mass is 383 g/mol. The molecule has 2 saturated heterocycles. The third-order valence-electron chi connectivity index (χ3n) is 5.45. The van der Waals surface area contributed by atoms with Crippen molar-refractivity contribution < 1.29 is 19.0 Å². The van der Waals surface area contributed by atoms with Crippen LogP contribution in [0.5, 0.6) is 17.2 Å². The smallest absolute Gasteiger partial charge is 0.239 e. The molecule has 4 atom stereocenters. The second-order valence-corrected chi connectivity index (χ2v) is 6.92. The van der Waals surface area contributed by atoms with Crippen LogP contribution in [0.1, 0.15) is 30.1 Å². The third kappa shape index (κ3) is 3.16. The maximum atomic E-state index is 12.6. The average molecular weight is 383 g/mol. The first-order valence-electron chi connectivity index (χ1n) is 9.42. The highest BCUT2D eigenvalue weighted by Gasteiger charge is 2.52. The largest absolute Gasteiger partial charge is 0.497 e. The number of nitrogens with one attached hydrogen (secondary N) is 3. The molecule has 2 heterocycles. The van der Waals surface area contributed by atoms with Crippen molar-refractivity contribution in [2.75, 3.05) is 20.8 Å². The Labute approximate surface area is 164 Å². The van der Waals surface area contributed by atoms with E-state index in [4.69, 9.17) is 14.2 Å². The van der Waals surface area contributed by atoms with E-state index >= 15 is 0 Å². The lowest BCUT2D eigenvalue weighted by Crippen LogP contribution is -2.39. The Balaban J connectivity index is 1.69. The quantitative estimate of drug-likeness (QED) is 0.709. The highest BCUT2D eigenvalue weighted by Crippen LogP contribution is 2.45. The topological polar surface area (TPSA) is 80.9 Å². The summed E-state index contributed by atoms with van der Waals surface area (Å²) in [5, 5.41) is 3.13. The average Bonchev–Trinajstić information content (AvgIpc) is 3.30. The highest BCUT2D eigenvalue weighted by molar-refractivity contribution is 5.86. The standard InChI is InChI=1S/C21H25N3O4/c1-4-28-13-7-5-12(6-8-13)18-17-19(22-21(25)20(17)24-23-18)15-11-14(26-2)9-10-16(15)27-3/h5-11,17-20,23-24H,4H2,1-3H3,(H,22,25). The zero-order valence-corrected chi connectivity index (χ0v) is 16.2. The maximum absolute atomic E-state index is 12.6. The van der Waals surface area contributed by atoms with Crippen LogP contribution in [0.25, 0.3) is 0 Å². The number of hydrazine groups is 1. The molecule has 0 aromatic heterocycles. The van der Waals surface area contributed by atoms with Crippen LogP contribution in [-0.2, 0) is 4.79 Å². The molecule has 4 rings (SSSR count). The van der Waals surface area contributed by atoms with Crippen LogP contribution in [0.3, 0.4) is 0 Å². The number of hydrogen-bond acceptors (Lipinski definition) is 6. The van der Waals surface area contributed by atoms with E-state index in [2.05, 4.69) is 16.2 Å². The maximum Gasteiger partial charge on any atom is 0.239 e. The zero-order valence-electron chi connectivity index (χ0n) is 16.2. The molecule has 3 N–H and O–H groups in total. The van der Waals surface area contributed by atoms with Crippen molar-refractivity contribution in [1.82, 2.24) is 16.2 Å². The van der Waals surface area contributed by atoms with E-state index in [0.29, 0.717) is 6.61 Å². The van der Waals surface area contributed by atoms with Crippen molar-refractivity contribution in [3.63, 3.8) is 0 Å². The van der Waals surface area contributed by atoms with Gasteiger partial charge in [0, 0.05) is 11.5 Å². The van der Waals surface area contributed by atoms with Crippen molar-refractivity contribution in [1.29, 1.82) is 0 Å². The number of rotatable bonds is 6. The summed E-state index contributed by atoms with van der Waals surface area (Å²) in [6, 6.07) is 13.1. The van der Waals surface area contributed by atoms with E-state index in [-0.39, 0.29) is 30.0 Å². The number of hydrogen-bond donors (Lipinski definition) is 3. The zero-order chi connectivity index (χ0) is 19.7. The predicted molar refractivity (Wildman–Crippen MR) is 104 cm³/mol. The molecule has 2 aliphatic rings. The fraction of sp³-hybridized carbons (Fsp3) is 0.381. The molecule has 0 bridgehead atoms. The summed E-state index contributed by atoms with van der Waals surface area (Å²) in [7, 11) is 3.26. The van der Waals surface area contributed by atoms with Gasteiger partial charge in [0.25, 0.3) is 0 Å². The molecule has 2 aromatic rings. The summed E-state index contributed by atoms with van der Waals surface area (Å²) in [4.78, 5) is 12.6. The Morgan fingerprint density at radius 3 is 2.29 bits per heavy atom. The molecule has 7 heteroatoms. The van der Waals surface area contributed by atoms with Gasteiger partial charge in [0.15, 0.2) is 0 Å². The van der Waals surface area contributed by atoms with Crippen LogP contribution < -0.4 is 30.4 Å². The first-order chi connectivity index (χ1) is 13.7. The van der Waals surface area contributed by atoms with Crippen molar-refractivity contribution in [3.8, 4) is 17.2 Å². The summed E-state index contributed by atoms with van der Waals surface area (Å²) in [5.74, 6) is 2.24. The lowest BCUT2D eigenvalue weighted by molar-refractivity contribution is -0.121. The molecule has 148 valence electrons. The van der Waals surface area contributed by atoms with Crippen molar-refractivity contribution in [2.45, 2.75) is 25.0 Å². The van der Waals surface area contributed by atoms with Gasteiger partial charge < -0.3 is 19.5 Å². The van der Waals surface area contributed by atoms with Gasteiger partial charge >= 0.3 is 0 Å². The van der Waals surface area contributed by atoms with Gasteiger partial charge in [-0.1, -0.05) is 12.1 Å². The van der Waals surface area contributed by atoms with E-state index in [1.54, 1.807) is 14.2 Å². The minimum absolute atomic E-state index is 0.0218. The predicted octanol–water partition coefficient (Wildman–Crippen LogP) is 2.11. The van der Waals surface area contributed by atoms with Crippen molar-refractivity contribution in [3.05, 3.63) is 53.6 Å². The van der Waals surface area contributed by atoms with Gasteiger partial charge in [0.2, 0.25) is 5.91 Å². The van der Waals surface area contributed by atoms with Crippen LogP contribution in [0.2, 0.25) is 0 Å². The molecule has 7 nitrogen and oxygen atoms in total. The minimum atomic E-state index is -0.322. The van der Waals surface area contributed by atoms with Crippen LogP contribution in [0.4, 0.5) is 0 Å². The summed E-state index contributed by atoms with van der Waals surface area (Å²) >= 11 is 0. The Kier molecular flexibility index (Phi) is 5.11. The molecule has 2 aliphatic heterocycles. The molecule has 0 saturated carbocycles. The summed E-state index contributed by atoms with van der Waals surface area (Å²) < 4.78 is 16.5. The number of carbonyl (C=O) groups excluding carboxylic acids is 1. The second-order valence-electron chi connectivity index (χ2n) is 6.92. The van der Waals surface area contributed by atoms with Gasteiger partial charge in [-0.05, 0) is 42.8 Å². The van der Waals surface area contributed by atoms with Crippen LogP contribution >= 0.6 is 0 Å². The van der Waals surface area contributed by atoms with Crippen LogP contribution in [-0.4, -0.2) is 32.8 Å². The molecular formula is C21H25N3O4. The Bertz CT molecular complexity index is 855. The number of ether oxygens (including phenoxy) is 3. The van der Waals surface area contributed by atoms with Gasteiger partial charge in [-0.25, -0.2) is 10.9 Å². The fourth-order valence-electron chi connectivity index (χ4n) is 4.14. The molecular weight excluding hydrogens is 358 g/mol. The van der Waals surface area contributed by atoms with Crippen molar-refractivity contribution >= 4 is 5.91 Å². The van der Waals surface area contributed by atoms with Crippen LogP contribution in [0.15, 0.2) is 42.5 Å². The summed E-state index contributed by atoms with van der Waals surface area (Å²) in [6.45, 7) is 2.59. The number of carbonyl (C=O) groups is 1. The van der Waals surface area contributed by atoms with Gasteiger partial charge in [-0.2, -0.15) is 0 Å². The summed E-state index contributed by atoms with van der Waals surface area (Å²) in [5.41, 5.74) is 8.45. The van der Waals surface area contributed by atoms with E-state index in [9.17, 15) is 4.79 Å². The normalized spacial score (nSPS) is 25.9. The third-order valence-corrected chi connectivity index (χ3v) is 5.45.